The predicted molar refractivity (Wildman–Crippen MR) is 265 cm³/mol. The van der Waals surface area contributed by atoms with Crippen molar-refractivity contribution in [3.63, 3.8) is 0 Å². The highest BCUT2D eigenvalue weighted by atomic mass is 18.0. The lowest BCUT2D eigenvalue weighted by Gasteiger charge is -2.27. The first-order chi connectivity index (χ1) is 33.6. The molecule has 1 aromatic rings. The summed E-state index contributed by atoms with van der Waals surface area (Å²) in [5.74, 6) is -1.80. The van der Waals surface area contributed by atoms with Crippen LogP contribution in [0.25, 0.3) is 0 Å². The van der Waals surface area contributed by atoms with Crippen molar-refractivity contribution < 1.29 is 94.0 Å². The van der Waals surface area contributed by atoms with Crippen molar-refractivity contribution in [2.45, 2.75) is 39.0 Å². The summed E-state index contributed by atoms with van der Waals surface area (Å²) in [4.78, 5) is 68.6. The van der Waals surface area contributed by atoms with Crippen molar-refractivity contribution in [2.24, 2.45) is 5.41 Å². The lowest BCUT2D eigenvalue weighted by molar-refractivity contribution is -0.869. The highest BCUT2D eigenvalue weighted by Gasteiger charge is 2.31. The van der Waals surface area contributed by atoms with Gasteiger partial charge in [-0.1, -0.05) is 13.3 Å². The third-order valence-electron chi connectivity index (χ3n) is 5.53. The SMILES string of the molecule is C=C.C=C.C=C.C=C.C=C.C=C.C=C.C=C.C=C.C=C.C=C.C=C.COOOOOOOOOOOOOCC(C)(COC(=O)c1ccc([N+](=O)[O-])cc1)CC(=O)CCCCCN1C(=O)C=CC1=O. The fourth-order valence-electron chi connectivity index (χ4n) is 3.49. The lowest BCUT2D eigenvalue weighted by atomic mass is 9.85. The molecule has 1 aromatic carbocycles. The summed E-state index contributed by atoms with van der Waals surface area (Å²) in [6, 6.07) is 4.70. The van der Waals surface area contributed by atoms with Crippen molar-refractivity contribution in [1.29, 1.82) is 0 Å². The molecule has 1 heterocycles. The molecule has 0 radical (unpaired) electrons. The van der Waals surface area contributed by atoms with Crippen LogP contribution in [0.3, 0.4) is 0 Å². The predicted octanol–water partition coefficient (Wildman–Crippen LogP) is 11.7. The van der Waals surface area contributed by atoms with Gasteiger partial charge >= 0.3 is 5.97 Å². The summed E-state index contributed by atoms with van der Waals surface area (Å²) >= 11 is 0. The second kappa shape index (κ2) is 84.4. The lowest BCUT2D eigenvalue weighted by Crippen LogP contribution is -2.33. The van der Waals surface area contributed by atoms with Gasteiger partial charge in [0.25, 0.3) is 17.5 Å². The van der Waals surface area contributed by atoms with Crippen LogP contribution in [0.5, 0.6) is 0 Å². The van der Waals surface area contributed by atoms with Crippen molar-refractivity contribution in [3.8, 4) is 0 Å². The van der Waals surface area contributed by atoms with E-state index in [0.717, 1.165) is 24.1 Å². The summed E-state index contributed by atoms with van der Waals surface area (Å²) in [5, 5.41) is 52.8. The maximum Gasteiger partial charge on any atom is 0.338 e. The Morgan fingerprint density at radius 2 is 0.913 bits per heavy atom. The molecule has 0 spiro atoms. The maximum atomic E-state index is 12.7. The van der Waals surface area contributed by atoms with Crippen LogP contribution >= 0.6 is 0 Å². The molecule has 0 aromatic heterocycles. The number of non-ortho nitro benzene ring substituents is 1. The number of hydrogen-bond acceptors (Lipinski definition) is 20. The molecule has 1 atom stereocenters. The normalized spacial score (nSPS) is 9.91. The minimum atomic E-state index is -1.17. The molecule has 1 unspecified atom stereocenters. The monoisotopic (exact) mass is 988 g/mol. The first-order valence-corrected chi connectivity index (χ1v) is 18.6. The summed E-state index contributed by atoms with van der Waals surface area (Å²) in [6.45, 7) is 73.0. The van der Waals surface area contributed by atoms with E-state index in [1.54, 1.807) is 6.92 Å². The van der Waals surface area contributed by atoms with Crippen LogP contribution in [0.15, 0.2) is 194 Å². The quantitative estimate of drug-likeness (QED) is 0.0159. The Hall–Kier alpha value is -7.00. The number of ketones is 1. The van der Waals surface area contributed by atoms with Gasteiger partial charge in [-0.05, 0) is 80.4 Å². The molecule has 0 bridgehead atoms. The van der Waals surface area contributed by atoms with Gasteiger partial charge < -0.3 is 4.74 Å². The van der Waals surface area contributed by atoms with Crippen molar-refractivity contribution in [2.75, 3.05) is 26.9 Å². The number of ether oxygens (including phenoxy) is 1. The van der Waals surface area contributed by atoms with E-state index in [-0.39, 0.29) is 54.8 Å². The number of nitro benzene ring substituents is 1. The Morgan fingerprint density at radius 1 is 0.551 bits per heavy atom. The molecule has 0 saturated carbocycles. The number of amides is 2. The Balaban J connectivity index is -0.000000135. The Morgan fingerprint density at radius 3 is 1.28 bits per heavy atom. The molecule has 1 aliphatic rings. The number of esters is 1. The van der Waals surface area contributed by atoms with Gasteiger partial charge in [-0.15, -0.1) is 158 Å². The molecule has 69 heavy (non-hydrogen) atoms. The van der Waals surface area contributed by atoms with Crippen LogP contribution in [-0.2, 0) is 84.3 Å². The third-order valence-corrected chi connectivity index (χ3v) is 5.53. The van der Waals surface area contributed by atoms with Crippen LogP contribution in [0.4, 0.5) is 5.69 Å². The Labute approximate surface area is 408 Å². The van der Waals surface area contributed by atoms with Gasteiger partial charge in [0.05, 0.1) is 30.8 Å². The molecule has 0 fully saturated rings. The molecule has 394 valence electrons. The Bertz CT molecular complexity index is 1280. The van der Waals surface area contributed by atoms with E-state index in [1.807, 2.05) is 0 Å². The molecule has 22 heteroatoms. The highest BCUT2D eigenvalue weighted by Crippen LogP contribution is 2.26. The van der Waals surface area contributed by atoms with E-state index in [0.29, 0.717) is 19.3 Å². The number of Topliss-reactive ketones (excluding diaryl/α,β-unsaturated/α-hetero) is 1. The minimum Gasteiger partial charge on any atom is -0.461 e. The number of nitro groups is 1. The van der Waals surface area contributed by atoms with Gasteiger partial charge in [0.2, 0.25) is 0 Å². The van der Waals surface area contributed by atoms with Crippen molar-refractivity contribution in [1.82, 2.24) is 4.90 Å². The molecule has 1 aliphatic heterocycles. The van der Waals surface area contributed by atoms with Crippen LogP contribution < -0.4 is 0 Å². The van der Waals surface area contributed by atoms with Gasteiger partial charge in [-0.25, -0.2) is 14.6 Å². The van der Waals surface area contributed by atoms with Crippen LogP contribution in [-0.4, -0.2) is 60.3 Å². The molecule has 2 rings (SSSR count). The second-order valence-corrected chi connectivity index (χ2v) is 9.06. The van der Waals surface area contributed by atoms with Crippen molar-refractivity contribution >= 4 is 29.3 Å². The molecule has 0 N–H and O–H groups in total. The molecule has 0 saturated heterocycles. The molecule has 0 aliphatic carbocycles. The number of carbonyl (C=O) groups excluding carboxylic acids is 4. The number of hydrogen-bond donors (Lipinski definition) is 0. The Kier molecular flexibility index (Phi) is 109. The van der Waals surface area contributed by atoms with Crippen LogP contribution in [0.1, 0.15) is 49.4 Å². The number of imide groups is 1. The first-order valence-electron chi connectivity index (χ1n) is 18.6. The molecule has 2 amide bonds. The van der Waals surface area contributed by atoms with E-state index in [1.165, 1.54) is 24.3 Å². The van der Waals surface area contributed by atoms with Gasteiger partial charge in [-0.3, -0.25) is 29.4 Å². The summed E-state index contributed by atoms with van der Waals surface area (Å²) in [6.07, 6.45) is 3.91. The topological polar surface area (TPSA) is 244 Å². The minimum absolute atomic E-state index is 0.0319. The number of benzene rings is 1. The number of nitrogens with zero attached hydrogens (tertiary/aromatic N) is 2. The molecule has 22 nitrogen and oxygen atoms in total. The average Bonchev–Trinajstić information content (AvgIpc) is 3.76. The molecular weight excluding hydrogens is 913 g/mol. The first kappa shape index (κ1) is 88.7. The largest absolute Gasteiger partial charge is 0.461 e. The summed E-state index contributed by atoms with van der Waals surface area (Å²) in [5.41, 5.74) is -1.36. The van der Waals surface area contributed by atoms with E-state index >= 15 is 0 Å². The zero-order valence-electron chi connectivity index (χ0n) is 40.7. The van der Waals surface area contributed by atoms with Gasteiger partial charge in [0.15, 0.2) is 0 Å². The van der Waals surface area contributed by atoms with Crippen LogP contribution in [0.2, 0.25) is 0 Å². The van der Waals surface area contributed by atoms with Gasteiger partial charge in [-0.2, -0.15) is 0 Å². The maximum absolute atomic E-state index is 12.7. The average molecular weight is 989 g/mol. The van der Waals surface area contributed by atoms with Gasteiger partial charge in [0.1, 0.15) is 5.78 Å². The number of carbonyl (C=O) groups is 4. The van der Waals surface area contributed by atoms with E-state index in [2.05, 4.69) is 218 Å². The van der Waals surface area contributed by atoms with E-state index in [9.17, 15) is 29.3 Å². The zero-order chi connectivity index (χ0) is 56.9. The van der Waals surface area contributed by atoms with Crippen LogP contribution in [0, 0.1) is 15.5 Å². The second-order valence-electron chi connectivity index (χ2n) is 9.06. The van der Waals surface area contributed by atoms with E-state index < -0.39 is 22.9 Å². The number of rotatable bonds is 26. The highest BCUT2D eigenvalue weighted by molar-refractivity contribution is 6.12. The summed E-state index contributed by atoms with van der Waals surface area (Å²) < 4.78 is 5.31. The third kappa shape index (κ3) is 61.0. The van der Waals surface area contributed by atoms with Crippen molar-refractivity contribution in [3.05, 3.63) is 210 Å². The standard InChI is InChI=1S/C23H28N2O20.12C2H4/c1-23(15-33-22(29)17-7-9-18(10-8-17)25(30)31,16-34-36-38-40-42-44-45-43-41-39-37-35-32-2)14-19(26)6-4-3-5-13-24-20(27)11-12-21(24)28;12*1-2/h7-12H,3-6,13-16H2,1-2H3;12*1-2H2. The van der Waals surface area contributed by atoms with Gasteiger partial charge in [0, 0.05) is 49.1 Å². The zero-order valence-corrected chi connectivity index (χ0v) is 40.7. The summed E-state index contributed by atoms with van der Waals surface area (Å²) in [7, 11) is 1.09. The molecular formula is C47H76N2O20. The fourth-order valence-corrected chi connectivity index (χ4v) is 3.49. The smallest absolute Gasteiger partial charge is 0.338 e. The van der Waals surface area contributed by atoms with E-state index in [4.69, 9.17) is 9.62 Å². The number of unbranched alkanes of at least 4 members (excludes halogenated alkanes) is 2. The fraction of sp³-hybridized carbons (Fsp3) is 0.234.